The van der Waals surface area contributed by atoms with Crippen molar-refractivity contribution in [2.45, 2.75) is 44.6 Å². The number of rotatable bonds is 0. The van der Waals surface area contributed by atoms with E-state index in [1.807, 2.05) is 36.0 Å². The second-order valence-electron chi connectivity index (χ2n) is 4.31. The van der Waals surface area contributed by atoms with Crippen molar-refractivity contribution in [2.24, 2.45) is 0 Å². The molecule has 6 aromatic rings. The van der Waals surface area contributed by atoms with Gasteiger partial charge in [0.05, 0.1) is 24.9 Å². The van der Waals surface area contributed by atoms with Gasteiger partial charge in [-0.3, -0.25) is 10.2 Å². The van der Waals surface area contributed by atoms with E-state index in [-0.39, 0.29) is 44.6 Å². The van der Waals surface area contributed by atoms with E-state index in [9.17, 15) is 0 Å². The Morgan fingerprint density at radius 2 is 1.25 bits per heavy atom. The lowest BCUT2D eigenvalue weighted by atomic mass is 10.7. The lowest BCUT2D eigenvalue weighted by Gasteiger charge is -1.49. The van der Waals surface area contributed by atoms with Crippen molar-refractivity contribution >= 4 is 11.5 Å². The van der Waals surface area contributed by atoms with E-state index in [2.05, 4.69) is 65.3 Å². The highest BCUT2D eigenvalue weighted by Crippen LogP contribution is 1.78. The summed E-state index contributed by atoms with van der Waals surface area (Å²) < 4.78 is 3.51. The quantitative estimate of drug-likeness (QED) is 0.165. The molecule has 0 spiro atoms. The van der Waals surface area contributed by atoms with Crippen molar-refractivity contribution in [3.8, 4) is 0 Å². The molecule has 0 unspecified atom stereocenters. The first-order chi connectivity index (χ1) is 15.0. The molecule has 0 atom stereocenters. The maximum absolute atomic E-state index is 3.67. The first-order valence-corrected chi connectivity index (χ1v) is 9.07. The number of nitrogens with zero attached hydrogens (tertiary/aromatic N) is 8. The summed E-state index contributed by atoms with van der Waals surface area (Å²) >= 11 is 1.35. The zero-order chi connectivity index (χ0) is 21.2. The Bertz CT molecular complexity index is 583. The Kier molecular flexibility index (Phi) is 51.2. The van der Waals surface area contributed by atoms with Crippen LogP contribution in [0.25, 0.3) is 0 Å². The summed E-state index contributed by atoms with van der Waals surface area (Å²) in [5, 5.41) is 26.8. The molecule has 5 N–H and O–H groups in total. The molecule has 13 nitrogen and oxygen atoms in total. The fourth-order valence-electron chi connectivity index (χ4n) is 1.18. The van der Waals surface area contributed by atoms with Gasteiger partial charge in [0.1, 0.15) is 12.7 Å². The zero-order valence-electron chi connectivity index (χ0n) is 15.7. The van der Waals surface area contributed by atoms with Crippen LogP contribution in [0.1, 0.15) is 44.6 Å². The van der Waals surface area contributed by atoms with Gasteiger partial charge in [-0.25, -0.2) is 9.97 Å². The summed E-state index contributed by atoms with van der Waals surface area (Å²) in [6.07, 6.45) is 20.1. The normalized spacial score (nSPS) is 6.67. The number of hydrogen-bond donors (Lipinski definition) is 5. The van der Waals surface area contributed by atoms with Gasteiger partial charge in [-0.2, -0.15) is 25.6 Å². The Balaban J connectivity index is -0.0000000726. The van der Waals surface area contributed by atoms with E-state index >= 15 is 0 Å². The Morgan fingerprint density at radius 1 is 0.528 bits per heavy atom. The number of nitrogens with one attached hydrogen (secondary N) is 5. The fraction of sp³-hybridized carbons (Fsp3) is 0.273. The molecule has 6 heterocycles. The number of hydrogen-bond acceptors (Lipinski definition) is 9. The lowest BCUT2D eigenvalue weighted by Crippen LogP contribution is -1.61. The largest absolute Gasteiger partial charge is 0.368 e. The Morgan fingerprint density at radius 3 is 1.42 bits per heavy atom. The van der Waals surface area contributed by atoms with Crippen LogP contribution in [0.15, 0.2) is 98.3 Å². The number of H-pyrrole nitrogens is 5. The third-order valence-electron chi connectivity index (χ3n) is 2.25. The fourth-order valence-corrected chi connectivity index (χ4v) is 1.45. The van der Waals surface area contributed by atoms with Crippen LogP contribution in [-0.4, -0.2) is 65.3 Å². The minimum absolute atomic E-state index is 0. The second-order valence-corrected chi connectivity index (χ2v) is 4.95. The molecular formula is C22H45N13S. The Hall–Kier alpha value is -4.46. The van der Waals surface area contributed by atoms with Crippen LogP contribution in [-0.2, 0) is 0 Å². The van der Waals surface area contributed by atoms with Gasteiger partial charge in [0.2, 0.25) is 0 Å². The van der Waals surface area contributed by atoms with Crippen LogP contribution in [0.3, 0.4) is 0 Å². The van der Waals surface area contributed by atoms with E-state index in [0.29, 0.717) is 0 Å². The van der Waals surface area contributed by atoms with Gasteiger partial charge in [-0.05, 0) is 29.7 Å². The molecule has 0 aliphatic rings. The highest BCUT2D eigenvalue weighted by molar-refractivity contribution is 7.03. The number of aromatic amines is 5. The molecule has 0 amide bonds. The molecule has 14 heteroatoms. The monoisotopic (exact) mass is 523 g/mol. The van der Waals surface area contributed by atoms with Crippen molar-refractivity contribution in [1.82, 2.24) is 65.3 Å². The molecule has 0 saturated heterocycles. The maximum atomic E-state index is 3.67. The van der Waals surface area contributed by atoms with Crippen LogP contribution < -0.4 is 0 Å². The molecule has 0 saturated carbocycles. The summed E-state index contributed by atoms with van der Waals surface area (Å²) in [6, 6.07) is 5.72. The summed E-state index contributed by atoms with van der Waals surface area (Å²) in [7, 11) is 0. The predicted octanol–water partition coefficient (Wildman–Crippen LogP) is 5.80. The van der Waals surface area contributed by atoms with E-state index in [0.717, 1.165) is 0 Å². The smallest absolute Gasteiger partial charge is 0.137 e. The molecule has 0 aliphatic carbocycles. The Labute approximate surface area is 219 Å². The van der Waals surface area contributed by atoms with Crippen molar-refractivity contribution in [2.75, 3.05) is 0 Å². The van der Waals surface area contributed by atoms with Crippen molar-refractivity contribution in [3.05, 3.63) is 98.3 Å². The standard InChI is InChI=1S/C4H5N.2C3H4N2.2C2H3N3.C2H2N2S.6CH4/c1-2-4-5-3-1;1-2-5-3-4-1;1-2-4-5-3-1;1-3-2-5-4-1;1-2-4-5-3-1;1-2-5-4-3-1;;;;;;/h1-5H;2*1-3H,(H,4,5);2*1-2H,(H,3,4,5);1-2H;6*1H4. The van der Waals surface area contributed by atoms with Crippen LogP contribution >= 0.6 is 11.5 Å². The summed E-state index contributed by atoms with van der Waals surface area (Å²) in [6.45, 7) is 0. The summed E-state index contributed by atoms with van der Waals surface area (Å²) in [4.78, 5) is 12.8. The SMILES string of the molecule is C.C.C.C.C.C.c1c[nH]cn1.c1cc[nH]c1.c1cn[nH]c1.c1cn[nH]n1.c1csnn1.c1nc[nH]n1. The molecule has 0 aliphatic heterocycles. The van der Waals surface area contributed by atoms with Crippen LogP contribution in [0.2, 0.25) is 0 Å². The van der Waals surface area contributed by atoms with Crippen LogP contribution in [0.4, 0.5) is 0 Å². The molecule has 204 valence electrons. The van der Waals surface area contributed by atoms with Crippen molar-refractivity contribution in [1.29, 1.82) is 0 Å². The van der Waals surface area contributed by atoms with Gasteiger partial charge in [-0.15, -0.1) is 5.10 Å². The van der Waals surface area contributed by atoms with Gasteiger partial charge in [0, 0.05) is 42.6 Å². The highest BCUT2D eigenvalue weighted by atomic mass is 32.1. The second kappa shape index (κ2) is 40.9. The van der Waals surface area contributed by atoms with Gasteiger partial charge in [-0.1, -0.05) is 49.0 Å². The first kappa shape index (κ1) is 45.1. The molecule has 0 aromatic carbocycles. The third-order valence-corrected chi connectivity index (χ3v) is 2.68. The zero-order valence-corrected chi connectivity index (χ0v) is 16.5. The van der Waals surface area contributed by atoms with Crippen molar-refractivity contribution < 1.29 is 0 Å². The number of aromatic nitrogens is 13. The van der Waals surface area contributed by atoms with E-state index in [4.69, 9.17) is 0 Å². The number of imidazole rings is 1. The van der Waals surface area contributed by atoms with Crippen molar-refractivity contribution in [3.63, 3.8) is 0 Å². The third kappa shape index (κ3) is 36.9. The molecule has 0 bridgehead atoms. The van der Waals surface area contributed by atoms with Gasteiger partial charge in [0.25, 0.3) is 0 Å². The molecule has 6 rings (SSSR count). The van der Waals surface area contributed by atoms with E-state index in [1.165, 1.54) is 24.2 Å². The van der Waals surface area contributed by atoms with Crippen LogP contribution in [0, 0.1) is 0 Å². The van der Waals surface area contributed by atoms with E-state index in [1.54, 1.807) is 49.7 Å². The van der Waals surface area contributed by atoms with E-state index < -0.39 is 0 Å². The average molecular weight is 524 g/mol. The maximum Gasteiger partial charge on any atom is 0.137 e. The topological polar surface area (TPSA) is 182 Å². The predicted molar refractivity (Wildman–Crippen MR) is 151 cm³/mol. The average Bonchev–Trinajstić information content (AvgIpc) is 3.69. The minimum atomic E-state index is 0. The lowest BCUT2D eigenvalue weighted by molar-refractivity contribution is 0.940. The van der Waals surface area contributed by atoms with Crippen LogP contribution in [0.5, 0.6) is 0 Å². The van der Waals surface area contributed by atoms with Gasteiger partial charge < -0.3 is 9.97 Å². The molecule has 36 heavy (non-hydrogen) atoms. The molecule has 0 fully saturated rings. The van der Waals surface area contributed by atoms with Gasteiger partial charge in [0.15, 0.2) is 0 Å². The molecule has 6 aromatic heterocycles. The van der Waals surface area contributed by atoms with Gasteiger partial charge >= 0.3 is 0 Å². The first-order valence-electron chi connectivity index (χ1n) is 8.24. The summed E-state index contributed by atoms with van der Waals surface area (Å²) in [5.41, 5.74) is 0. The highest BCUT2D eigenvalue weighted by Gasteiger charge is 1.61. The molecule has 0 radical (unpaired) electrons. The summed E-state index contributed by atoms with van der Waals surface area (Å²) in [5.74, 6) is 0. The minimum Gasteiger partial charge on any atom is -0.368 e. The molecular weight excluding hydrogens is 478 g/mol.